The Kier molecular flexibility index (Phi) is 7.65. The van der Waals surface area contributed by atoms with Crippen LogP contribution in [0.15, 0.2) is 41.7 Å². The van der Waals surface area contributed by atoms with Crippen molar-refractivity contribution in [1.82, 2.24) is 19.4 Å². The first-order chi connectivity index (χ1) is 19.4. The number of pyridine rings is 1. The molecule has 2 aliphatic rings. The number of halogens is 1. The molecular weight excluding hydrogens is 548 g/mol. The first kappa shape index (κ1) is 28.4. The number of rotatable bonds is 6. The van der Waals surface area contributed by atoms with Crippen LogP contribution in [0.3, 0.4) is 0 Å². The quantitative estimate of drug-likeness (QED) is 0.413. The van der Waals surface area contributed by atoms with E-state index in [0.29, 0.717) is 29.2 Å². The molecule has 1 atom stereocenters. The first-order valence-corrected chi connectivity index (χ1v) is 13.9. The molecule has 3 N–H and O–H groups in total. The van der Waals surface area contributed by atoms with Gasteiger partial charge in [-0.3, -0.25) is 19.1 Å². The second kappa shape index (κ2) is 11.0. The molecule has 0 spiro atoms. The van der Waals surface area contributed by atoms with Crippen LogP contribution in [0.1, 0.15) is 74.0 Å². The van der Waals surface area contributed by atoms with Gasteiger partial charge in [0, 0.05) is 18.8 Å². The first-order valence-electron chi connectivity index (χ1n) is 13.5. The summed E-state index contributed by atoms with van der Waals surface area (Å²) in [5.74, 6) is -0.346. The van der Waals surface area contributed by atoms with Crippen molar-refractivity contribution in [2.45, 2.75) is 71.1 Å². The van der Waals surface area contributed by atoms with Gasteiger partial charge in [0.25, 0.3) is 11.5 Å². The summed E-state index contributed by atoms with van der Waals surface area (Å²) in [6.45, 7) is 7.81. The largest absolute Gasteiger partial charge is 0.490 e. The number of benzene rings is 1. The van der Waals surface area contributed by atoms with E-state index in [1.807, 2.05) is 20.8 Å². The van der Waals surface area contributed by atoms with Crippen molar-refractivity contribution >= 4 is 35.1 Å². The smallest absolute Gasteiger partial charge is 0.410 e. The highest BCUT2D eigenvalue weighted by Gasteiger charge is 2.33. The number of aromatic nitrogens is 3. The number of anilines is 2. The van der Waals surface area contributed by atoms with Crippen molar-refractivity contribution in [3.63, 3.8) is 0 Å². The number of carbonyl (C=O) groups is 2. The van der Waals surface area contributed by atoms with Gasteiger partial charge in [0.15, 0.2) is 0 Å². The van der Waals surface area contributed by atoms with Crippen LogP contribution in [-0.4, -0.2) is 49.7 Å². The van der Waals surface area contributed by atoms with Crippen molar-refractivity contribution in [2.24, 2.45) is 0 Å². The zero-order valence-electron chi connectivity index (χ0n) is 23.4. The molecule has 41 heavy (non-hydrogen) atoms. The van der Waals surface area contributed by atoms with Crippen LogP contribution in [-0.2, 0) is 4.74 Å². The maximum atomic E-state index is 13.5. The summed E-state index contributed by atoms with van der Waals surface area (Å²) in [6, 6.07) is 4.91. The van der Waals surface area contributed by atoms with Gasteiger partial charge in [-0.2, -0.15) is 0 Å². The predicted octanol–water partition coefficient (Wildman–Crippen LogP) is 5.04. The molecule has 1 aromatic carbocycles. The van der Waals surface area contributed by atoms with Gasteiger partial charge in [0.2, 0.25) is 0 Å². The summed E-state index contributed by atoms with van der Waals surface area (Å²) in [4.78, 5) is 49.7. The number of nitrogen functional groups attached to an aromatic ring is 1. The lowest BCUT2D eigenvalue weighted by molar-refractivity contribution is 0.0224. The van der Waals surface area contributed by atoms with E-state index < -0.39 is 23.2 Å². The third kappa shape index (κ3) is 6.30. The maximum absolute atomic E-state index is 13.5. The van der Waals surface area contributed by atoms with Gasteiger partial charge < -0.3 is 25.4 Å². The molecule has 0 unspecified atom stereocenters. The summed E-state index contributed by atoms with van der Waals surface area (Å²) in [5.41, 5.74) is 6.51. The van der Waals surface area contributed by atoms with Crippen LogP contribution in [0.25, 0.3) is 5.69 Å². The fourth-order valence-corrected chi connectivity index (χ4v) is 5.20. The molecule has 3 aromatic rings. The minimum atomic E-state index is -0.744. The van der Waals surface area contributed by atoms with Crippen LogP contribution in [0, 0.1) is 6.92 Å². The molecule has 1 aliphatic carbocycles. The molecule has 2 aromatic heterocycles. The van der Waals surface area contributed by atoms with Crippen LogP contribution in [0.4, 0.5) is 16.3 Å². The lowest BCUT2D eigenvalue weighted by atomic mass is 10.1. The van der Waals surface area contributed by atoms with Crippen LogP contribution >= 0.6 is 11.6 Å². The van der Waals surface area contributed by atoms with Crippen LogP contribution < -0.4 is 21.3 Å². The number of nitrogens with two attached hydrogens (primary N) is 1. The van der Waals surface area contributed by atoms with Crippen molar-refractivity contribution in [2.75, 3.05) is 17.6 Å². The third-order valence-electron chi connectivity index (χ3n) is 6.81. The Hall–Kier alpha value is -4.12. The van der Waals surface area contributed by atoms with Crippen LogP contribution in [0.5, 0.6) is 5.75 Å². The Labute approximate surface area is 242 Å². The molecule has 5 rings (SSSR count). The number of carbonyl (C=O) groups excluding carboxylic acids is 2. The van der Waals surface area contributed by atoms with Crippen molar-refractivity contribution < 1.29 is 19.1 Å². The Morgan fingerprint density at radius 3 is 2.59 bits per heavy atom. The third-order valence-corrected chi connectivity index (χ3v) is 7.09. The van der Waals surface area contributed by atoms with E-state index in [-0.39, 0.29) is 28.5 Å². The lowest BCUT2D eigenvalue weighted by Gasteiger charge is -2.28. The minimum Gasteiger partial charge on any atom is -0.490 e. The number of amides is 2. The number of nitrogens with zero attached hydrogens (tertiary/aromatic N) is 4. The van der Waals surface area contributed by atoms with Gasteiger partial charge in [0.1, 0.15) is 29.1 Å². The molecule has 11 nitrogen and oxygen atoms in total. The molecule has 3 heterocycles. The predicted molar refractivity (Wildman–Crippen MR) is 155 cm³/mol. The van der Waals surface area contributed by atoms with E-state index >= 15 is 0 Å². The van der Waals surface area contributed by atoms with Crippen LogP contribution in [0.2, 0.25) is 5.02 Å². The molecule has 1 aliphatic heterocycles. The second-order valence-corrected chi connectivity index (χ2v) is 11.8. The van der Waals surface area contributed by atoms with Crippen molar-refractivity contribution in [1.29, 1.82) is 0 Å². The van der Waals surface area contributed by atoms with Crippen molar-refractivity contribution in [3.05, 3.63) is 69.0 Å². The maximum Gasteiger partial charge on any atom is 0.410 e. The van der Waals surface area contributed by atoms with E-state index in [9.17, 15) is 14.4 Å². The number of nitrogens with one attached hydrogen (secondary N) is 1. The van der Waals surface area contributed by atoms with E-state index in [1.165, 1.54) is 17.1 Å². The fourth-order valence-electron chi connectivity index (χ4n) is 4.85. The monoisotopic (exact) mass is 580 g/mol. The van der Waals surface area contributed by atoms with E-state index in [0.717, 1.165) is 31.2 Å². The molecule has 1 saturated carbocycles. The SMILES string of the molecule is Cc1cc(OC2CC2)cc(Cl)c1-n1cnc(N)c(C(=O)Nc2cncc([C@@H]3CCCN3C(=O)OC(C)(C)C)c2)c1=O. The number of hydrogen-bond acceptors (Lipinski definition) is 8. The number of aryl methyl sites for hydroxylation is 1. The Morgan fingerprint density at radius 2 is 1.90 bits per heavy atom. The van der Waals surface area contributed by atoms with Gasteiger partial charge in [-0.05, 0) is 76.6 Å². The fraction of sp³-hybridized carbons (Fsp3) is 0.414. The Balaban J connectivity index is 1.39. The summed E-state index contributed by atoms with van der Waals surface area (Å²) in [7, 11) is 0. The average Bonchev–Trinajstić information content (AvgIpc) is 3.54. The Morgan fingerprint density at radius 1 is 1.15 bits per heavy atom. The molecular formula is C29H33ClN6O5. The van der Waals surface area contributed by atoms with E-state index in [2.05, 4.69) is 15.3 Å². The average molecular weight is 581 g/mol. The molecule has 0 bridgehead atoms. The minimum absolute atomic E-state index is 0.189. The zero-order valence-corrected chi connectivity index (χ0v) is 24.2. The topological polar surface area (TPSA) is 142 Å². The molecule has 2 fully saturated rings. The highest BCUT2D eigenvalue weighted by Crippen LogP contribution is 2.35. The van der Waals surface area contributed by atoms with Gasteiger partial charge in [-0.1, -0.05) is 11.6 Å². The Bertz CT molecular complexity index is 1540. The van der Waals surface area contributed by atoms with Gasteiger partial charge in [-0.25, -0.2) is 9.78 Å². The van der Waals surface area contributed by atoms with E-state index in [4.69, 9.17) is 26.8 Å². The van der Waals surface area contributed by atoms with Gasteiger partial charge in [-0.15, -0.1) is 0 Å². The second-order valence-electron chi connectivity index (χ2n) is 11.4. The van der Waals surface area contributed by atoms with E-state index in [1.54, 1.807) is 36.2 Å². The summed E-state index contributed by atoms with van der Waals surface area (Å²) in [5, 5.41) is 2.99. The molecule has 0 radical (unpaired) electrons. The lowest BCUT2D eigenvalue weighted by Crippen LogP contribution is -2.36. The summed E-state index contributed by atoms with van der Waals surface area (Å²) >= 11 is 6.55. The normalized spacial score (nSPS) is 16.9. The highest BCUT2D eigenvalue weighted by atomic mass is 35.5. The summed E-state index contributed by atoms with van der Waals surface area (Å²) in [6.07, 6.45) is 7.67. The van der Waals surface area contributed by atoms with Gasteiger partial charge >= 0.3 is 6.09 Å². The number of hydrogen-bond donors (Lipinski definition) is 2. The van der Waals surface area contributed by atoms with Gasteiger partial charge in [0.05, 0.1) is 34.7 Å². The van der Waals surface area contributed by atoms with Crippen molar-refractivity contribution in [3.8, 4) is 11.4 Å². The standard InChI is InChI=1S/C29H33ClN6O5/c1-16-10-20(40-19-7-8-19)12-21(30)24(16)36-15-33-25(31)23(27(36)38)26(37)34-18-11-17(13-32-14-18)22-6-5-9-35(22)28(39)41-29(2,3)4/h10-15,19,22H,5-9,31H2,1-4H3,(H,34,37)/t22-/m0/s1. The summed E-state index contributed by atoms with van der Waals surface area (Å²) < 4.78 is 12.6. The highest BCUT2D eigenvalue weighted by molar-refractivity contribution is 6.32. The zero-order chi connectivity index (χ0) is 29.5. The molecule has 12 heteroatoms. The number of ether oxygens (including phenoxy) is 2. The molecule has 1 saturated heterocycles. The molecule has 2 amide bonds. The molecule has 216 valence electrons. The number of likely N-dealkylation sites (tertiary alicyclic amines) is 1.